The second-order valence-corrected chi connectivity index (χ2v) is 7.56. The molecule has 0 unspecified atom stereocenters. The summed E-state index contributed by atoms with van der Waals surface area (Å²) in [5.74, 6) is 1.61. The number of fused-ring (bicyclic) bond motifs is 1. The number of nitrogens with one attached hydrogen (secondary N) is 1. The highest BCUT2D eigenvalue weighted by molar-refractivity contribution is 7.18. The van der Waals surface area contributed by atoms with Gasteiger partial charge in [-0.05, 0) is 31.9 Å². The van der Waals surface area contributed by atoms with Gasteiger partial charge in [-0.2, -0.15) is 4.98 Å². The molecule has 136 valence electrons. The predicted molar refractivity (Wildman–Crippen MR) is 99.3 cm³/mol. The molecule has 1 aliphatic heterocycles. The minimum atomic E-state index is -0.0241. The number of carbonyl (C=O) groups is 1. The number of likely N-dealkylation sites (tertiary alicyclic amines) is 1. The number of thiazole rings is 1. The lowest BCUT2D eigenvalue weighted by Crippen LogP contribution is -2.44. The Bertz CT molecular complexity index is 865. The van der Waals surface area contributed by atoms with Crippen LogP contribution in [0.5, 0.6) is 0 Å². The topological polar surface area (TPSA) is 84.2 Å². The lowest BCUT2D eigenvalue weighted by atomic mass is 9.98. The highest BCUT2D eigenvalue weighted by Gasteiger charge is 2.25. The average molecular weight is 371 g/mol. The first kappa shape index (κ1) is 17.0. The summed E-state index contributed by atoms with van der Waals surface area (Å²) in [4.78, 5) is 23.1. The van der Waals surface area contributed by atoms with Gasteiger partial charge in [0.05, 0.1) is 15.2 Å². The van der Waals surface area contributed by atoms with Crippen LogP contribution in [0.1, 0.15) is 35.5 Å². The second kappa shape index (κ2) is 7.41. The maximum atomic E-state index is 12.3. The van der Waals surface area contributed by atoms with Crippen LogP contribution in [0.3, 0.4) is 0 Å². The van der Waals surface area contributed by atoms with E-state index in [1.54, 1.807) is 18.3 Å². The highest BCUT2D eigenvalue weighted by atomic mass is 32.1. The molecule has 3 aromatic rings. The van der Waals surface area contributed by atoms with Crippen molar-refractivity contribution < 1.29 is 9.32 Å². The SMILES string of the molecule is Cc1noc(CCNC(=O)N2CCC(c3nc4ccccc4s3)CC2)n1. The molecule has 1 aliphatic rings. The summed E-state index contributed by atoms with van der Waals surface area (Å²) in [6.45, 7) is 3.79. The van der Waals surface area contributed by atoms with E-state index in [4.69, 9.17) is 9.51 Å². The molecule has 3 heterocycles. The second-order valence-electron chi connectivity index (χ2n) is 6.50. The van der Waals surface area contributed by atoms with Crippen LogP contribution >= 0.6 is 11.3 Å². The van der Waals surface area contributed by atoms with Gasteiger partial charge in [-0.15, -0.1) is 11.3 Å². The fourth-order valence-electron chi connectivity index (χ4n) is 3.22. The summed E-state index contributed by atoms with van der Waals surface area (Å²) in [7, 11) is 0. The fraction of sp³-hybridized carbons (Fsp3) is 0.444. The van der Waals surface area contributed by atoms with Crippen molar-refractivity contribution in [2.24, 2.45) is 0 Å². The number of aromatic nitrogens is 3. The molecule has 2 amide bonds. The zero-order valence-electron chi connectivity index (χ0n) is 14.6. The Hall–Kier alpha value is -2.48. The summed E-state index contributed by atoms with van der Waals surface area (Å²) >= 11 is 1.77. The van der Waals surface area contributed by atoms with Crippen molar-refractivity contribution in [2.45, 2.75) is 32.1 Å². The largest absolute Gasteiger partial charge is 0.339 e. The van der Waals surface area contributed by atoms with E-state index in [9.17, 15) is 4.79 Å². The third kappa shape index (κ3) is 3.70. The molecule has 2 aromatic heterocycles. The summed E-state index contributed by atoms with van der Waals surface area (Å²) in [6, 6.07) is 8.22. The molecule has 1 saturated heterocycles. The van der Waals surface area contributed by atoms with E-state index in [2.05, 4.69) is 27.6 Å². The first-order chi connectivity index (χ1) is 12.7. The number of carbonyl (C=O) groups excluding carboxylic acids is 1. The summed E-state index contributed by atoms with van der Waals surface area (Å²) < 4.78 is 6.28. The van der Waals surface area contributed by atoms with Crippen LogP contribution < -0.4 is 5.32 Å². The predicted octanol–water partition coefficient (Wildman–Crippen LogP) is 3.12. The van der Waals surface area contributed by atoms with Gasteiger partial charge in [0.1, 0.15) is 0 Å². The number of hydrogen-bond acceptors (Lipinski definition) is 6. The van der Waals surface area contributed by atoms with Crippen LogP contribution in [0.2, 0.25) is 0 Å². The first-order valence-electron chi connectivity index (χ1n) is 8.86. The first-order valence-corrected chi connectivity index (χ1v) is 9.68. The molecular weight excluding hydrogens is 350 g/mol. The van der Waals surface area contributed by atoms with Gasteiger partial charge in [-0.25, -0.2) is 9.78 Å². The molecule has 0 atom stereocenters. The highest BCUT2D eigenvalue weighted by Crippen LogP contribution is 2.33. The van der Waals surface area contributed by atoms with Crippen LogP contribution in [0.4, 0.5) is 4.79 Å². The smallest absolute Gasteiger partial charge is 0.317 e. The Labute approximate surface area is 155 Å². The van der Waals surface area contributed by atoms with Gasteiger partial charge in [0, 0.05) is 32.0 Å². The van der Waals surface area contributed by atoms with Gasteiger partial charge in [0.25, 0.3) is 0 Å². The Morgan fingerprint density at radius 1 is 1.31 bits per heavy atom. The van der Waals surface area contributed by atoms with Crippen LogP contribution in [-0.2, 0) is 6.42 Å². The van der Waals surface area contributed by atoms with Crippen molar-refractivity contribution in [3.8, 4) is 0 Å². The van der Waals surface area contributed by atoms with E-state index in [1.807, 2.05) is 17.0 Å². The number of hydrogen-bond donors (Lipinski definition) is 1. The van der Waals surface area contributed by atoms with Gasteiger partial charge < -0.3 is 14.7 Å². The average Bonchev–Trinajstić information content (AvgIpc) is 3.27. The van der Waals surface area contributed by atoms with Crippen molar-refractivity contribution in [3.05, 3.63) is 41.0 Å². The molecule has 0 spiro atoms. The van der Waals surface area contributed by atoms with Crippen molar-refractivity contribution in [1.29, 1.82) is 0 Å². The summed E-state index contributed by atoms with van der Waals surface area (Å²) in [6.07, 6.45) is 2.46. The molecule has 4 rings (SSSR count). The molecule has 0 aliphatic carbocycles. The molecule has 1 N–H and O–H groups in total. The van der Waals surface area contributed by atoms with Crippen LogP contribution in [0.25, 0.3) is 10.2 Å². The van der Waals surface area contributed by atoms with Crippen molar-refractivity contribution in [1.82, 2.24) is 25.3 Å². The zero-order chi connectivity index (χ0) is 17.9. The summed E-state index contributed by atoms with van der Waals surface area (Å²) in [5.41, 5.74) is 1.07. The number of benzene rings is 1. The number of nitrogens with zero attached hydrogens (tertiary/aromatic N) is 4. The minimum absolute atomic E-state index is 0.0241. The Balaban J connectivity index is 1.26. The number of aryl methyl sites for hydroxylation is 1. The van der Waals surface area contributed by atoms with Crippen LogP contribution in [-0.4, -0.2) is 45.7 Å². The molecule has 0 bridgehead atoms. The van der Waals surface area contributed by atoms with E-state index >= 15 is 0 Å². The van der Waals surface area contributed by atoms with Gasteiger partial charge >= 0.3 is 6.03 Å². The van der Waals surface area contributed by atoms with Crippen molar-refractivity contribution >= 4 is 27.6 Å². The maximum absolute atomic E-state index is 12.3. The lowest BCUT2D eigenvalue weighted by Gasteiger charge is -2.31. The molecule has 7 nitrogen and oxygen atoms in total. The lowest BCUT2D eigenvalue weighted by molar-refractivity contribution is 0.181. The molecule has 8 heteroatoms. The number of urea groups is 1. The van der Waals surface area contributed by atoms with Gasteiger partial charge in [0.15, 0.2) is 5.82 Å². The molecule has 0 saturated carbocycles. The van der Waals surface area contributed by atoms with Gasteiger partial charge in [-0.1, -0.05) is 17.3 Å². The number of rotatable bonds is 4. The molecule has 0 radical (unpaired) electrons. The monoisotopic (exact) mass is 371 g/mol. The van der Waals surface area contributed by atoms with E-state index in [1.165, 1.54) is 9.71 Å². The fourth-order valence-corrected chi connectivity index (χ4v) is 4.36. The van der Waals surface area contributed by atoms with E-state index in [0.29, 0.717) is 30.6 Å². The quantitative estimate of drug-likeness (QED) is 0.762. The maximum Gasteiger partial charge on any atom is 0.317 e. The van der Waals surface area contributed by atoms with Gasteiger partial charge in [-0.3, -0.25) is 0 Å². The van der Waals surface area contributed by atoms with E-state index < -0.39 is 0 Å². The van der Waals surface area contributed by atoms with Crippen LogP contribution in [0, 0.1) is 6.92 Å². The zero-order valence-corrected chi connectivity index (χ0v) is 15.5. The van der Waals surface area contributed by atoms with Crippen molar-refractivity contribution in [3.63, 3.8) is 0 Å². The molecule has 1 fully saturated rings. The Morgan fingerprint density at radius 2 is 2.12 bits per heavy atom. The standard InChI is InChI=1S/C18H21N5O2S/c1-12-20-16(25-22-12)6-9-19-18(24)23-10-7-13(8-11-23)17-21-14-4-2-3-5-15(14)26-17/h2-5,13H,6-11H2,1H3,(H,19,24). The minimum Gasteiger partial charge on any atom is -0.339 e. The number of piperidine rings is 1. The third-order valence-corrected chi connectivity index (χ3v) is 5.83. The molecule has 26 heavy (non-hydrogen) atoms. The van der Waals surface area contributed by atoms with Crippen LogP contribution in [0.15, 0.2) is 28.8 Å². The Kier molecular flexibility index (Phi) is 4.83. The third-order valence-electron chi connectivity index (χ3n) is 4.63. The molecule has 1 aromatic carbocycles. The van der Waals surface area contributed by atoms with Crippen molar-refractivity contribution in [2.75, 3.05) is 19.6 Å². The molecular formula is C18H21N5O2S. The Morgan fingerprint density at radius 3 is 2.85 bits per heavy atom. The normalized spacial score (nSPS) is 15.5. The number of para-hydroxylation sites is 1. The number of amides is 2. The summed E-state index contributed by atoms with van der Waals surface area (Å²) in [5, 5.41) is 7.87. The van der Waals surface area contributed by atoms with E-state index in [-0.39, 0.29) is 6.03 Å². The van der Waals surface area contributed by atoms with Gasteiger partial charge in [0.2, 0.25) is 5.89 Å². The van der Waals surface area contributed by atoms with E-state index in [0.717, 1.165) is 31.4 Å².